The van der Waals surface area contributed by atoms with Crippen molar-refractivity contribution in [1.82, 2.24) is 9.97 Å². The molecule has 1 aromatic heterocycles. The molecule has 1 aliphatic rings. The van der Waals surface area contributed by atoms with Crippen LogP contribution in [0.3, 0.4) is 0 Å². The summed E-state index contributed by atoms with van der Waals surface area (Å²) in [5, 5.41) is 1.02. The highest BCUT2D eigenvalue weighted by molar-refractivity contribution is 5.91. The number of rotatable bonds is 6. The molecule has 1 saturated carbocycles. The van der Waals surface area contributed by atoms with Crippen molar-refractivity contribution in [3.05, 3.63) is 24.5 Å². The molecule has 2 N–H and O–H groups in total. The minimum atomic E-state index is 0.720. The van der Waals surface area contributed by atoms with Gasteiger partial charge in [-0.15, -0.1) is 0 Å². The highest BCUT2D eigenvalue weighted by atomic mass is 16.5. The van der Waals surface area contributed by atoms with Crippen LogP contribution in [0, 0.1) is 5.92 Å². The molecule has 0 aliphatic heterocycles. The zero-order valence-electron chi connectivity index (χ0n) is 11.7. The predicted molar refractivity (Wildman–Crippen MR) is 80.8 cm³/mol. The second-order valence-electron chi connectivity index (χ2n) is 5.41. The first kappa shape index (κ1) is 13.1. The summed E-state index contributed by atoms with van der Waals surface area (Å²) in [5.41, 5.74) is 7.38. The van der Waals surface area contributed by atoms with Crippen LogP contribution < -0.4 is 10.6 Å². The highest BCUT2D eigenvalue weighted by Gasteiger charge is 2.21. The average Bonchev–Trinajstić information content (AvgIpc) is 3.26. The minimum absolute atomic E-state index is 0.720. The SMILES string of the molecule is CN(CCOCC1CC1)c1ncnc2cc(N)ccc12. The van der Waals surface area contributed by atoms with Crippen LogP contribution in [0.25, 0.3) is 10.9 Å². The summed E-state index contributed by atoms with van der Waals surface area (Å²) < 4.78 is 5.68. The Morgan fingerprint density at radius 2 is 2.20 bits per heavy atom. The fourth-order valence-corrected chi connectivity index (χ4v) is 2.21. The molecule has 5 heteroatoms. The van der Waals surface area contributed by atoms with Crippen molar-refractivity contribution >= 4 is 22.4 Å². The lowest BCUT2D eigenvalue weighted by molar-refractivity contribution is 0.131. The fraction of sp³-hybridized carbons (Fsp3) is 0.467. The third-order valence-corrected chi connectivity index (χ3v) is 3.62. The van der Waals surface area contributed by atoms with Gasteiger partial charge in [-0.25, -0.2) is 9.97 Å². The smallest absolute Gasteiger partial charge is 0.139 e. The number of ether oxygens (including phenoxy) is 1. The van der Waals surface area contributed by atoms with Gasteiger partial charge >= 0.3 is 0 Å². The Morgan fingerprint density at radius 1 is 1.35 bits per heavy atom. The average molecular weight is 272 g/mol. The molecule has 2 aromatic rings. The van der Waals surface area contributed by atoms with Gasteiger partial charge in [0.1, 0.15) is 12.1 Å². The van der Waals surface area contributed by atoms with Gasteiger partial charge in [-0.3, -0.25) is 0 Å². The number of nitrogens with zero attached hydrogens (tertiary/aromatic N) is 3. The van der Waals surface area contributed by atoms with E-state index in [0.717, 1.165) is 48.1 Å². The van der Waals surface area contributed by atoms with Crippen molar-refractivity contribution < 1.29 is 4.74 Å². The maximum atomic E-state index is 5.79. The molecule has 0 spiro atoms. The van der Waals surface area contributed by atoms with Crippen LogP contribution in [0.15, 0.2) is 24.5 Å². The Kier molecular flexibility index (Phi) is 3.69. The van der Waals surface area contributed by atoms with Gasteiger partial charge in [-0.05, 0) is 37.0 Å². The molecule has 1 aliphatic carbocycles. The van der Waals surface area contributed by atoms with Gasteiger partial charge in [0.15, 0.2) is 0 Å². The second-order valence-corrected chi connectivity index (χ2v) is 5.41. The van der Waals surface area contributed by atoms with E-state index in [1.54, 1.807) is 6.33 Å². The number of aromatic nitrogens is 2. The normalized spacial score (nSPS) is 14.7. The Morgan fingerprint density at radius 3 is 3.00 bits per heavy atom. The molecular weight excluding hydrogens is 252 g/mol. The fourth-order valence-electron chi connectivity index (χ4n) is 2.21. The first-order valence-corrected chi connectivity index (χ1v) is 7.03. The maximum Gasteiger partial charge on any atom is 0.139 e. The van der Waals surface area contributed by atoms with Crippen molar-refractivity contribution in [2.75, 3.05) is 37.4 Å². The number of fused-ring (bicyclic) bond motifs is 1. The molecule has 5 nitrogen and oxygen atoms in total. The van der Waals surface area contributed by atoms with Crippen LogP contribution >= 0.6 is 0 Å². The minimum Gasteiger partial charge on any atom is -0.399 e. The van der Waals surface area contributed by atoms with E-state index in [0.29, 0.717) is 0 Å². The van der Waals surface area contributed by atoms with E-state index in [4.69, 9.17) is 10.5 Å². The lowest BCUT2D eigenvalue weighted by Crippen LogP contribution is -2.24. The van der Waals surface area contributed by atoms with E-state index >= 15 is 0 Å². The standard InChI is InChI=1S/C15H20N4O/c1-19(6-7-20-9-11-2-3-11)15-13-5-4-12(16)8-14(13)17-10-18-15/h4-5,8,10-11H,2-3,6-7,9,16H2,1H3. The van der Waals surface area contributed by atoms with Crippen LogP contribution in [0.4, 0.5) is 11.5 Å². The lowest BCUT2D eigenvalue weighted by Gasteiger charge is -2.19. The van der Waals surface area contributed by atoms with Gasteiger partial charge in [-0.2, -0.15) is 0 Å². The molecule has 20 heavy (non-hydrogen) atoms. The number of hydrogen-bond acceptors (Lipinski definition) is 5. The van der Waals surface area contributed by atoms with Crippen molar-refractivity contribution in [2.45, 2.75) is 12.8 Å². The molecule has 0 amide bonds. The first-order chi connectivity index (χ1) is 9.74. The predicted octanol–water partition coefficient (Wildman–Crippen LogP) is 2.07. The monoisotopic (exact) mass is 272 g/mol. The summed E-state index contributed by atoms with van der Waals surface area (Å²) in [7, 11) is 2.03. The Labute approximate surface area is 118 Å². The summed E-state index contributed by atoms with van der Waals surface area (Å²) >= 11 is 0. The molecule has 106 valence electrons. The summed E-state index contributed by atoms with van der Waals surface area (Å²) in [6.07, 6.45) is 4.24. The molecule has 0 bridgehead atoms. The number of benzene rings is 1. The van der Waals surface area contributed by atoms with E-state index in [1.165, 1.54) is 12.8 Å². The quantitative estimate of drug-likeness (QED) is 0.644. The lowest BCUT2D eigenvalue weighted by atomic mass is 10.2. The van der Waals surface area contributed by atoms with Crippen LogP contribution in [-0.2, 0) is 4.74 Å². The first-order valence-electron chi connectivity index (χ1n) is 7.03. The van der Waals surface area contributed by atoms with E-state index in [1.807, 2.05) is 25.2 Å². The van der Waals surface area contributed by atoms with Gasteiger partial charge < -0.3 is 15.4 Å². The van der Waals surface area contributed by atoms with Crippen molar-refractivity contribution in [3.8, 4) is 0 Å². The van der Waals surface area contributed by atoms with Crippen LogP contribution in [0.2, 0.25) is 0 Å². The number of likely N-dealkylation sites (N-methyl/N-ethyl adjacent to an activating group) is 1. The van der Waals surface area contributed by atoms with Crippen molar-refractivity contribution in [1.29, 1.82) is 0 Å². The van der Waals surface area contributed by atoms with Crippen LogP contribution in [0.1, 0.15) is 12.8 Å². The zero-order valence-corrected chi connectivity index (χ0v) is 11.7. The summed E-state index contributed by atoms with van der Waals surface area (Å²) in [5.74, 6) is 1.73. The van der Waals surface area contributed by atoms with Gasteiger partial charge in [0.05, 0.1) is 12.1 Å². The van der Waals surface area contributed by atoms with Gasteiger partial charge in [-0.1, -0.05) is 0 Å². The zero-order chi connectivity index (χ0) is 13.9. The highest BCUT2D eigenvalue weighted by Crippen LogP contribution is 2.28. The van der Waals surface area contributed by atoms with E-state index in [-0.39, 0.29) is 0 Å². The van der Waals surface area contributed by atoms with Crippen LogP contribution in [0.5, 0.6) is 0 Å². The number of nitrogen functional groups attached to an aromatic ring is 1. The molecule has 0 radical (unpaired) electrons. The number of hydrogen-bond donors (Lipinski definition) is 1. The van der Waals surface area contributed by atoms with Crippen LogP contribution in [-0.4, -0.2) is 36.8 Å². The molecule has 0 saturated heterocycles. The number of anilines is 2. The molecule has 1 aromatic carbocycles. The maximum absolute atomic E-state index is 5.79. The summed E-state index contributed by atoms with van der Waals surface area (Å²) in [6, 6.07) is 5.73. The molecule has 1 fully saturated rings. The Hall–Kier alpha value is -1.88. The number of nitrogens with two attached hydrogens (primary N) is 1. The molecule has 1 heterocycles. The summed E-state index contributed by atoms with van der Waals surface area (Å²) in [6.45, 7) is 2.45. The molecule has 0 atom stereocenters. The Bertz CT molecular complexity index is 597. The van der Waals surface area contributed by atoms with E-state index in [2.05, 4.69) is 14.9 Å². The largest absolute Gasteiger partial charge is 0.399 e. The van der Waals surface area contributed by atoms with Gasteiger partial charge in [0.2, 0.25) is 0 Å². The third kappa shape index (κ3) is 2.99. The third-order valence-electron chi connectivity index (χ3n) is 3.62. The topological polar surface area (TPSA) is 64.3 Å². The van der Waals surface area contributed by atoms with Gasteiger partial charge in [0, 0.05) is 31.3 Å². The van der Waals surface area contributed by atoms with Gasteiger partial charge in [0.25, 0.3) is 0 Å². The molecule has 0 unspecified atom stereocenters. The molecule has 3 rings (SSSR count). The van der Waals surface area contributed by atoms with Crippen molar-refractivity contribution in [3.63, 3.8) is 0 Å². The summed E-state index contributed by atoms with van der Waals surface area (Å²) in [4.78, 5) is 10.7. The molecular formula is C15H20N4O. The second kappa shape index (κ2) is 5.63. The van der Waals surface area contributed by atoms with Crippen molar-refractivity contribution in [2.24, 2.45) is 5.92 Å². The van der Waals surface area contributed by atoms with E-state index in [9.17, 15) is 0 Å². The van der Waals surface area contributed by atoms with E-state index < -0.39 is 0 Å². The Balaban J connectivity index is 1.68.